The lowest BCUT2D eigenvalue weighted by molar-refractivity contribution is -0.143. The van der Waals surface area contributed by atoms with Crippen LogP contribution in [0.5, 0.6) is 11.5 Å². The van der Waals surface area contributed by atoms with Crippen molar-refractivity contribution in [2.24, 2.45) is 11.8 Å². The average molecular weight is 381 g/mol. The Hall–Kier alpha value is -3.15. The van der Waals surface area contributed by atoms with Gasteiger partial charge in [0.15, 0.2) is 5.78 Å². The number of hydrogen-bond acceptors (Lipinski definition) is 4. The number of rotatable bonds is 5. The Bertz CT molecular complexity index is 873. The second kappa shape index (κ2) is 8.25. The van der Waals surface area contributed by atoms with Crippen LogP contribution < -0.4 is 4.74 Å². The standard InChI is InChI=1S/C22H23NO5/c1-14-11-18(22(26)27)13-23(12-14)21(25)17-5-9-20(10-6-17)28-19-7-3-16(4-8-19)15(2)24/h3-10,14,18H,11-13H2,1-2H3,(H,26,27). The molecule has 1 saturated heterocycles. The van der Waals surface area contributed by atoms with Crippen molar-refractivity contribution in [3.05, 3.63) is 59.7 Å². The van der Waals surface area contributed by atoms with Gasteiger partial charge in [-0.2, -0.15) is 0 Å². The lowest BCUT2D eigenvalue weighted by atomic mass is 9.90. The number of carboxylic acid groups (broad SMARTS) is 1. The van der Waals surface area contributed by atoms with E-state index in [0.29, 0.717) is 35.6 Å². The van der Waals surface area contributed by atoms with E-state index >= 15 is 0 Å². The minimum atomic E-state index is -0.858. The van der Waals surface area contributed by atoms with Crippen LogP contribution in [0.25, 0.3) is 0 Å². The van der Waals surface area contributed by atoms with Crippen molar-refractivity contribution in [2.75, 3.05) is 13.1 Å². The van der Waals surface area contributed by atoms with E-state index in [2.05, 4.69) is 0 Å². The number of Topliss-reactive ketones (excluding diaryl/α,β-unsaturated/α-hetero) is 1. The van der Waals surface area contributed by atoms with Crippen molar-refractivity contribution in [2.45, 2.75) is 20.3 Å². The minimum absolute atomic E-state index is 0.00779. The molecule has 0 radical (unpaired) electrons. The first-order valence-electron chi connectivity index (χ1n) is 9.24. The van der Waals surface area contributed by atoms with Gasteiger partial charge in [0, 0.05) is 24.2 Å². The van der Waals surface area contributed by atoms with Crippen LogP contribution in [0.15, 0.2) is 48.5 Å². The fourth-order valence-electron chi connectivity index (χ4n) is 3.44. The third-order valence-electron chi connectivity index (χ3n) is 4.89. The monoisotopic (exact) mass is 381 g/mol. The number of carbonyl (C=O) groups excluding carboxylic acids is 2. The van der Waals surface area contributed by atoms with Crippen LogP contribution in [-0.2, 0) is 4.79 Å². The van der Waals surface area contributed by atoms with Crippen LogP contribution in [-0.4, -0.2) is 40.8 Å². The Morgan fingerprint density at radius 1 is 0.929 bits per heavy atom. The van der Waals surface area contributed by atoms with Gasteiger partial charge < -0.3 is 14.7 Å². The lowest BCUT2D eigenvalue weighted by Gasteiger charge is -2.34. The predicted octanol–water partition coefficient (Wildman–Crippen LogP) is 3.86. The maximum atomic E-state index is 12.7. The molecule has 0 aromatic heterocycles. The molecule has 0 aliphatic carbocycles. The number of benzene rings is 2. The predicted molar refractivity (Wildman–Crippen MR) is 104 cm³/mol. The molecule has 1 heterocycles. The van der Waals surface area contributed by atoms with E-state index < -0.39 is 11.9 Å². The smallest absolute Gasteiger partial charge is 0.308 e. The summed E-state index contributed by atoms with van der Waals surface area (Å²) in [6, 6.07) is 13.6. The summed E-state index contributed by atoms with van der Waals surface area (Å²) < 4.78 is 5.74. The van der Waals surface area contributed by atoms with Crippen molar-refractivity contribution in [1.82, 2.24) is 4.90 Å². The third kappa shape index (κ3) is 4.57. The summed E-state index contributed by atoms with van der Waals surface area (Å²) in [7, 11) is 0. The fraction of sp³-hybridized carbons (Fsp3) is 0.318. The topological polar surface area (TPSA) is 83.9 Å². The number of piperidine rings is 1. The number of carbonyl (C=O) groups is 3. The Morgan fingerprint density at radius 3 is 1.96 bits per heavy atom. The number of ketones is 1. The van der Waals surface area contributed by atoms with E-state index in [9.17, 15) is 19.5 Å². The summed E-state index contributed by atoms with van der Waals surface area (Å²) in [5, 5.41) is 9.28. The highest BCUT2D eigenvalue weighted by Gasteiger charge is 2.32. The number of nitrogens with zero attached hydrogens (tertiary/aromatic N) is 1. The quantitative estimate of drug-likeness (QED) is 0.795. The van der Waals surface area contributed by atoms with Crippen molar-refractivity contribution >= 4 is 17.7 Å². The molecule has 0 saturated carbocycles. The minimum Gasteiger partial charge on any atom is -0.481 e. The van der Waals surface area contributed by atoms with Crippen LogP contribution >= 0.6 is 0 Å². The van der Waals surface area contributed by atoms with E-state index in [4.69, 9.17) is 4.74 Å². The van der Waals surface area contributed by atoms with Crippen molar-refractivity contribution < 1.29 is 24.2 Å². The summed E-state index contributed by atoms with van der Waals surface area (Å²) in [6.07, 6.45) is 0.592. The first kappa shape index (κ1) is 19.6. The van der Waals surface area contributed by atoms with Gasteiger partial charge in [0.2, 0.25) is 0 Å². The second-order valence-corrected chi connectivity index (χ2v) is 7.29. The Balaban J connectivity index is 1.67. The van der Waals surface area contributed by atoms with Gasteiger partial charge in [-0.15, -0.1) is 0 Å². The molecule has 6 nitrogen and oxygen atoms in total. The van der Waals surface area contributed by atoms with E-state index in [1.165, 1.54) is 6.92 Å². The highest BCUT2D eigenvalue weighted by molar-refractivity contribution is 5.95. The van der Waals surface area contributed by atoms with E-state index in [1.54, 1.807) is 53.4 Å². The molecule has 28 heavy (non-hydrogen) atoms. The summed E-state index contributed by atoms with van der Waals surface area (Å²) in [5.74, 6) is -0.237. The second-order valence-electron chi connectivity index (χ2n) is 7.29. The zero-order chi connectivity index (χ0) is 20.3. The number of likely N-dealkylation sites (tertiary alicyclic amines) is 1. The Morgan fingerprint density at radius 2 is 1.46 bits per heavy atom. The van der Waals surface area contributed by atoms with Gasteiger partial charge in [0.25, 0.3) is 5.91 Å². The average Bonchev–Trinajstić information content (AvgIpc) is 2.68. The zero-order valence-electron chi connectivity index (χ0n) is 15.9. The maximum Gasteiger partial charge on any atom is 0.308 e. The van der Waals surface area contributed by atoms with Crippen molar-refractivity contribution in [3.63, 3.8) is 0 Å². The number of carboxylic acids is 1. The molecule has 1 fully saturated rings. The highest BCUT2D eigenvalue weighted by atomic mass is 16.5. The molecule has 146 valence electrons. The van der Waals surface area contributed by atoms with Crippen molar-refractivity contribution in [1.29, 1.82) is 0 Å². The number of aliphatic carboxylic acids is 1. The zero-order valence-corrected chi connectivity index (χ0v) is 15.9. The molecule has 2 atom stereocenters. The Labute approximate surface area is 163 Å². The summed E-state index contributed by atoms with van der Waals surface area (Å²) in [6.45, 7) is 4.26. The maximum absolute atomic E-state index is 12.7. The molecule has 1 aliphatic rings. The van der Waals surface area contributed by atoms with Gasteiger partial charge in [-0.1, -0.05) is 6.92 Å². The Kier molecular flexibility index (Phi) is 5.78. The SMILES string of the molecule is CC(=O)c1ccc(Oc2ccc(C(=O)N3CC(C)CC(C(=O)O)C3)cc2)cc1. The normalized spacial score (nSPS) is 19.1. The lowest BCUT2D eigenvalue weighted by Crippen LogP contribution is -2.45. The van der Waals surface area contributed by atoms with E-state index in [0.717, 1.165) is 0 Å². The van der Waals surface area contributed by atoms with Gasteiger partial charge in [-0.25, -0.2) is 0 Å². The molecule has 6 heteroatoms. The molecule has 2 aromatic rings. The highest BCUT2D eigenvalue weighted by Crippen LogP contribution is 2.25. The molecular formula is C22H23NO5. The van der Waals surface area contributed by atoms with Crippen LogP contribution in [0.1, 0.15) is 41.0 Å². The van der Waals surface area contributed by atoms with Gasteiger partial charge in [0.1, 0.15) is 11.5 Å². The summed E-state index contributed by atoms with van der Waals surface area (Å²) >= 11 is 0. The molecule has 0 spiro atoms. The van der Waals surface area contributed by atoms with Crippen LogP contribution in [0.3, 0.4) is 0 Å². The third-order valence-corrected chi connectivity index (χ3v) is 4.89. The van der Waals surface area contributed by atoms with Crippen molar-refractivity contribution in [3.8, 4) is 11.5 Å². The largest absolute Gasteiger partial charge is 0.481 e. The first-order chi connectivity index (χ1) is 13.3. The van der Waals surface area contributed by atoms with Gasteiger partial charge >= 0.3 is 5.97 Å². The summed E-state index contributed by atoms with van der Waals surface area (Å²) in [4.78, 5) is 37.0. The molecule has 2 aromatic carbocycles. The first-order valence-corrected chi connectivity index (χ1v) is 9.24. The molecule has 1 amide bonds. The molecular weight excluding hydrogens is 358 g/mol. The number of hydrogen-bond donors (Lipinski definition) is 1. The summed E-state index contributed by atoms with van der Waals surface area (Å²) in [5.41, 5.74) is 1.11. The number of ether oxygens (including phenoxy) is 1. The van der Waals surface area contributed by atoms with Gasteiger partial charge in [0.05, 0.1) is 5.92 Å². The van der Waals surface area contributed by atoms with E-state index in [1.807, 2.05) is 6.92 Å². The fourth-order valence-corrected chi connectivity index (χ4v) is 3.44. The van der Waals surface area contributed by atoms with E-state index in [-0.39, 0.29) is 24.2 Å². The van der Waals surface area contributed by atoms with Crippen LogP contribution in [0.2, 0.25) is 0 Å². The molecule has 1 aliphatic heterocycles. The number of amides is 1. The van der Waals surface area contributed by atoms with Gasteiger partial charge in [-0.05, 0) is 67.8 Å². The molecule has 3 rings (SSSR count). The van der Waals surface area contributed by atoms with Gasteiger partial charge in [-0.3, -0.25) is 14.4 Å². The van der Waals surface area contributed by atoms with Crippen LogP contribution in [0.4, 0.5) is 0 Å². The molecule has 1 N–H and O–H groups in total. The van der Waals surface area contributed by atoms with Crippen LogP contribution in [0, 0.1) is 11.8 Å². The molecule has 0 bridgehead atoms. The molecule has 2 unspecified atom stereocenters.